The van der Waals surface area contributed by atoms with Crippen LogP contribution in [0.4, 0.5) is 4.39 Å². The molecule has 0 saturated carbocycles. The van der Waals surface area contributed by atoms with Gasteiger partial charge in [0.25, 0.3) is 5.91 Å². The summed E-state index contributed by atoms with van der Waals surface area (Å²) in [5.41, 5.74) is 7.54. The molecular weight excluding hydrogens is 271 g/mol. The summed E-state index contributed by atoms with van der Waals surface area (Å²) in [6.07, 6.45) is 0. The number of carbonyl (C=O) groups excluding carboxylic acids is 1. The molecule has 21 heavy (non-hydrogen) atoms. The smallest absolute Gasteiger partial charge is 0.251 e. The minimum absolute atomic E-state index is 0.0566. The van der Waals surface area contributed by atoms with E-state index in [0.717, 1.165) is 0 Å². The van der Waals surface area contributed by atoms with E-state index in [1.807, 2.05) is 0 Å². The van der Waals surface area contributed by atoms with Crippen LogP contribution in [0.25, 0.3) is 0 Å². The second-order valence-corrected chi connectivity index (χ2v) is 4.81. The van der Waals surface area contributed by atoms with E-state index in [-0.39, 0.29) is 24.7 Å². The van der Waals surface area contributed by atoms with Crippen molar-refractivity contribution in [2.75, 3.05) is 0 Å². The van der Waals surface area contributed by atoms with Gasteiger partial charge in [0.2, 0.25) is 0 Å². The summed E-state index contributed by atoms with van der Waals surface area (Å²) in [6.45, 7) is 2.09. The number of nitrogens with two attached hydrogens (primary N) is 1. The van der Waals surface area contributed by atoms with Crippen molar-refractivity contribution in [3.8, 4) is 5.75 Å². The van der Waals surface area contributed by atoms with E-state index in [1.54, 1.807) is 31.2 Å². The van der Waals surface area contributed by atoms with Gasteiger partial charge in [0, 0.05) is 24.2 Å². The van der Waals surface area contributed by atoms with Gasteiger partial charge in [-0.25, -0.2) is 4.39 Å². The Morgan fingerprint density at radius 1 is 1.29 bits per heavy atom. The highest BCUT2D eigenvalue weighted by Gasteiger charge is 2.09. The molecule has 5 heteroatoms. The summed E-state index contributed by atoms with van der Waals surface area (Å²) in [5.74, 6) is -0.710. The third kappa shape index (κ3) is 3.58. The summed E-state index contributed by atoms with van der Waals surface area (Å²) in [4.78, 5) is 12.0. The van der Waals surface area contributed by atoms with Gasteiger partial charge in [-0.3, -0.25) is 4.79 Å². The number of hydrogen-bond donors (Lipinski definition) is 3. The average Bonchev–Trinajstić information content (AvgIpc) is 2.48. The van der Waals surface area contributed by atoms with Crippen molar-refractivity contribution < 1.29 is 14.3 Å². The first-order valence-corrected chi connectivity index (χ1v) is 6.56. The first-order valence-electron chi connectivity index (χ1n) is 6.56. The number of aryl methyl sites for hydroxylation is 1. The lowest BCUT2D eigenvalue weighted by molar-refractivity contribution is 0.0950. The molecule has 110 valence electrons. The van der Waals surface area contributed by atoms with Gasteiger partial charge in [-0.1, -0.05) is 18.2 Å². The standard InChI is InChI=1S/C16H17FN2O2/c1-10-2-4-12(7-15(10)20)16(21)19-9-13-5-3-11(8-18)6-14(13)17/h2-7,20H,8-9,18H2,1H3,(H,19,21). The van der Waals surface area contributed by atoms with Crippen LogP contribution in [0.3, 0.4) is 0 Å². The second kappa shape index (κ2) is 6.37. The molecule has 4 N–H and O–H groups in total. The molecule has 0 aliphatic carbocycles. The van der Waals surface area contributed by atoms with Crippen LogP contribution < -0.4 is 11.1 Å². The Kier molecular flexibility index (Phi) is 4.55. The van der Waals surface area contributed by atoms with Gasteiger partial charge in [0.1, 0.15) is 11.6 Å². The Morgan fingerprint density at radius 3 is 2.67 bits per heavy atom. The molecule has 0 heterocycles. The number of phenols is 1. The fraction of sp³-hybridized carbons (Fsp3) is 0.188. The third-order valence-electron chi connectivity index (χ3n) is 3.26. The summed E-state index contributed by atoms with van der Waals surface area (Å²) in [6, 6.07) is 9.34. The van der Waals surface area contributed by atoms with Crippen LogP contribution in [0, 0.1) is 12.7 Å². The fourth-order valence-electron chi connectivity index (χ4n) is 1.89. The van der Waals surface area contributed by atoms with Crippen LogP contribution in [-0.4, -0.2) is 11.0 Å². The van der Waals surface area contributed by atoms with Crippen LogP contribution in [0.2, 0.25) is 0 Å². The summed E-state index contributed by atoms with van der Waals surface area (Å²) in [5, 5.41) is 12.2. The van der Waals surface area contributed by atoms with Crippen molar-refractivity contribution in [1.29, 1.82) is 0 Å². The maximum absolute atomic E-state index is 13.8. The second-order valence-electron chi connectivity index (χ2n) is 4.81. The third-order valence-corrected chi connectivity index (χ3v) is 3.26. The van der Waals surface area contributed by atoms with Crippen molar-refractivity contribution in [3.05, 3.63) is 64.5 Å². The summed E-state index contributed by atoms with van der Waals surface area (Å²) in [7, 11) is 0. The lowest BCUT2D eigenvalue weighted by Crippen LogP contribution is -2.23. The number of hydrogen-bond acceptors (Lipinski definition) is 3. The van der Waals surface area contributed by atoms with E-state index in [9.17, 15) is 14.3 Å². The van der Waals surface area contributed by atoms with Gasteiger partial charge in [0.05, 0.1) is 0 Å². The summed E-state index contributed by atoms with van der Waals surface area (Å²) >= 11 is 0. The van der Waals surface area contributed by atoms with E-state index >= 15 is 0 Å². The molecule has 0 aliphatic heterocycles. The minimum Gasteiger partial charge on any atom is -0.508 e. The molecule has 0 atom stereocenters. The maximum Gasteiger partial charge on any atom is 0.251 e. The topological polar surface area (TPSA) is 75.4 Å². The lowest BCUT2D eigenvalue weighted by Gasteiger charge is -2.08. The predicted octanol–water partition coefficient (Wildman–Crippen LogP) is 2.23. The zero-order valence-electron chi connectivity index (χ0n) is 11.7. The Labute approximate surface area is 122 Å². The van der Waals surface area contributed by atoms with E-state index in [1.165, 1.54) is 12.1 Å². The van der Waals surface area contributed by atoms with Crippen molar-refractivity contribution in [2.24, 2.45) is 5.73 Å². The van der Waals surface area contributed by atoms with Gasteiger partial charge in [-0.2, -0.15) is 0 Å². The van der Waals surface area contributed by atoms with Crippen LogP contribution in [-0.2, 0) is 13.1 Å². The number of benzene rings is 2. The first-order chi connectivity index (χ1) is 10.0. The molecule has 0 aromatic heterocycles. The van der Waals surface area contributed by atoms with Crippen molar-refractivity contribution in [3.63, 3.8) is 0 Å². The largest absolute Gasteiger partial charge is 0.508 e. The average molecular weight is 288 g/mol. The number of halogens is 1. The molecule has 0 spiro atoms. The van der Waals surface area contributed by atoms with Crippen LogP contribution in [0.15, 0.2) is 36.4 Å². The molecule has 0 bridgehead atoms. The fourth-order valence-corrected chi connectivity index (χ4v) is 1.89. The molecule has 0 radical (unpaired) electrons. The number of amides is 1. The van der Waals surface area contributed by atoms with Gasteiger partial charge in [0.15, 0.2) is 0 Å². The highest BCUT2D eigenvalue weighted by Crippen LogP contribution is 2.17. The van der Waals surface area contributed by atoms with Crippen molar-refractivity contribution >= 4 is 5.91 Å². The van der Waals surface area contributed by atoms with E-state index in [0.29, 0.717) is 22.3 Å². The molecule has 0 fully saturated rings. The normalized spacial score (nSPS) is 10.4. The Balaban J connectivity index is 2.05. The molecule has 0 aliphatic rings. The number of carbonyl (C=O) groups is 1. The van der Waals surface area contributed by atoms with E-state index < -0.39 is 5.82 Å². The molecule has 0 unspecified atom stereocenters. The van der Waals surface area contributed by atoms with Crippen molar-refractivity contribution in [1.82, 2.24) is 5.32 Å². The molecule has 1 amide bonds. The minimum atomic E-state index is -0.398. The van der Waals surface area contributed by atoms with Crippen LogP contribution in [0.5, 0.6) is 5.75 Å². The summed E-state index contributed by atoms with van der Waals surface area (Å²) < 4.78 is 13.8. The number of phenolic OH excluding ortho intramolecular Hbond substituents is 1. The first kappa shape index (κ1) is 15.0. The SMILES string of the molecule is Cc1ccc(C(=O)NCc2ccc(CN)cc2F)cc1O. The van der Waals surface area contributed by atoms with E-state index in [2.05, 4.69) is 5.32 Å². The van der Waals surface area contributed by atoms with Gasteiger partial charge in [-0.05, 0) is 36.2 Å². The van der Waals surface area contributed by atoms with Crippen molar-refractivity contribution in [2.45, 2.75) is 20.0 Å². The Hall–Kier alpha value is -2.40. The predicted molar refractivity (Wildman–Crippen MR) is 78.3 cm³/mol. The zero-order chi connectivity index (χ0) is 15.4. The Bertz CT molecular complexity index is 671. The number of nitrogens with one attached hydrogen (secondary N) is 1. The highest BCUT2D eigenvalue weighted by atomic mass is 19.1. The quantitative estimate of drug-likeness (QED) is 0.807. The van der Waals surface area contributed by atoms with Gasteiger partial charge in [-0.15, -0.1) is 0 Å². The van der Waals surface area contributed by atoms with Gasteiger partial charge < -0.3 is 16.2 Å². The molecule has 4 nitrogen and oxygen atoms in total. The molecule has 2 aromatic carbocycles. The Morgan fingerprint density at radius 2 is 2.05 bits per heavy atom. The molecular formula is C16H17FN2O2. The molecule has 2 rings (SSSR count). The number of rotatable bonds is 4. The van der Waals surface area contributed by atoms with E-state index in [4.69, 9.17) is 5.73 Å². The van der Waals surface area contributed by atoms with Crippen LogP contribution in [0.1, 0.15) is 27.0 Å². The molecule has 2 aromatic rings. The lowest BCUT2D eigenvalue weighted by atomic mass is 10.1. The van der Waals surface area contributed by atoms with Crippen LogP contribution >= 0.6 is 0 Å². The van der Waals surface area contributed by atoms with Gasteiger partial charge >= 0.3 is 0 Å². The number of aromatic hydroxyl groups is 1. The zero-order valence-corrected chi connectivity index (χ0v) is 11.7. The maximum atomic E-state index is 13.8. The molecule has 0 saturated heterocycles. The highest BCUT2D eigenvalue weighted by molar-refractivity contribution is 5.94. The monoisotopic (exact) mass is 288 g/mol.